The molecular formula is C22H39NO5S. The Morgan fingerprint density at radius 1 is 1.10 bits per heavy atom. The molecule has 4 atom stereocenters. The maximum absolute atomic E-state index is 13.5. The Morgan fingerprint density at radius 2 is 1.79 bits per heavy atom. The largest absolute Gasteiger partial charge is 0.303 e. The van der Waals surface area contributed by atoms with Gasteiger partial charge in [0.25, 0.3) is 0 Å². The van der Waals surface area contributed by atoms with E-state index in [1.807, 2.05) is 13.8 Å². The number of sulfone groups is 1. The number of carbonyl (C=O) groups excluding carboxylic acids is 1. The Balaban J connectivity index is 2.21. The number of nitro groups is 1. The first-order valence-electron chi connectivity index (χ1n) is 11.6. The average Bonchev–Trinajstić information content (AvgIpc) is 2.71. The smallest absolute Gasteiger partial charge is 0.213 e. The summed E-state index contributed by atoms with van der Waals surface area (Å²) in [6.45, 7) is 3.93. The zero-order chi connectivity index (χ0) is 21.5. The van der Waals surface area contributed by atoms with E-state index in [4.69, 9.17) is 0 Å². The first-order valence-corrected chi connectivity index (χ1v) is 13.3. The lowest BCUT2D eigenvalue weighted by Crippen LogP contribution is -2.45. The predicted octanol–water partition coefficient (Wildman–Crippen LogP) is 4.97. The highest BCUT2D eigenvalue weighted by atomic mass is 32.2. The molecule has 0 bridgehead atoms. The minimum atomic E-state index is -3.50. The molecule has 0 aromatic rings. The summed E-state index contributed by atoms with van der Waals surface area (Å²) in [6.07, 6.45) is 11.4. The number of rotatable bonds is 11. The summed E-state index contributed by atoms with van der Waals surface area (Å²) in [5.41, 5.74) is -0.815. The topological polar surface area (TPSA) is 94.3 Å². The average molecular weight is 430 g/mol. The van der Waals surface area contributed by atoms with Gasteiger partial charge in [-0.3, -0.25) is 10.1 Å². The van der Waals surface area contributed by atoms with Gasteiger partial charge in [0.1, 0.15) is 6.29 Å². The highest BCUT2D eigenvalue weighted by Crippen LogP contribution is 2.41. The molecule has 6 nitrogen and oxygen atoms in total. The maximum atomic E-state index is 13.5. The van der Waals surface area contributed by atoms with Crippen LogP contribution < -0.4 is 0 Å². The number of hydrogen-bond acceptors (Lipinski definition) is 5. The minimum absolute atomic E-state index is 0.102. The monoisotopic (exact) mass is 429 g/mol. The molecule has 168 valence electrons. The Hall–Kier alpha value is -0.980. The maximum Gasteiger partial charge on any atom is 0.213 e. The first kappa shape index (κ1) is 24.3. The fourth-order valence-electron chi connectivity index (χ4n) is 5.54. The van der Waals surface area contributed by atoms with Crippen LogP contribution >= 0.6 is 0 Å². The molecule has 2 saturated carbocycles. The van der Waals surface area contributed by atoms with Crippen molar-refractivity contribution in [3.05, 3.63) is 10.1 Å². The number of unbranched alkanes of at least 4 members (excludes halogenated alkanes) is 1. The first-order chi connectivity index (χ1) is 13.8. The van der Waals surface area contributed by atoms with Crippen molar-refractivity contribution in [2.45, 2.75) is 109 Å². The van der Waals surface area contributed by atoms with Crippen LogP contribution in [0.15, 0.2) is 0 Å². The highest BCUT2D eigenvalue weighted by Gasteiger charge is 2.45. The van der Waals surface area contributed by atoms with Crippen LogP contribution in [0.4, 0.5) is 0 Å². The van der Waals surface area contributed by atoms with Crippen molar-refractivity contribution in [1.29, 1.82) is 0 Å². The molecule has 29 heavy (non-hydrogen) atoms. The van der Waals surface area contributed by atoms with Crippen LogP contribution in [-0.2, 0) is 14.6 Å². The normalized spacial score (nSPS) is 28.6. The molecule has 2 aliphatic rings. The zero-order valence-electron chi connectivity index (χ0n) is 18.2. The van der Waals surface area contributed by atoms with Gasteiger partial charge in [-0.1, -0.05) is 58.8 Å². The molecule has 2 fully saturated rings. The standard InChI is InChI=1S/C22H39NO5S/c1-3-5-13-22(4-2,16-24)17-29(27,28)21-12-11-20(23(25)26)15-19(21)14-18-9-7-6-8-10-18/h16,18-21H,3-15,17H2,1-2H3. The SMILES string of the molecule is CCCCC(C=O)(CC)CS(=O)(=O)C1CCC([N+](=O)[O-])CC1CC1CCCCC1. The Labute approximate surface area is 176 Å². The van der Waals surface area contributed by atoms with Crippen molar-refractivity contribution in [3.8, 4) is 0 Å². The minimum Gasteiger partial charge on any atom is -0.303 e. The van der Waals surface area contributed by atoms with Crippen LogP contribution in [0.2, 0.25) is 0 Å². The van der Waals surface area contributed by atoms with Gasteiger partial charge in [0, 0.05) is 23.2 Å². The van der Waals surface area contributed by atoms with Crippen molar-refractivity contribution in [2.75, 3.05) is 5.75 Å². The molecule has 0 amide bonds. The van der Waals surface area contributed by atoms with Gasteiger partial charge in [0.15, 0.2) is 9.84 Å². The second kappa shape index (κ2) is 10.9. The van der Waals surface area contributed by atoms with E-state index < -0.39 is 26.5 Å². The molecule has 0 radical (unpaired) electrons. The molecule has 0 aliphatic heterocycles. The van der Waals surface area contributed by atoms with Crippen molar-refractivity contribution < 1.29 is 18.1 Å². The van der Waals surface area contributed by atoms with Crippen LogP contribution in [0.1, 0.15) is 97.3 Å². The third kappa shape index (κ3) is 6.50. The lowest BCUT2D eigenvalue weighted by molar-refractivity contribution is -0.527. The Kier molecular flexibility index (Phi) is 9.11. The van der Waals surface area contributed by atoms with E-state index in [9.17, 15) is 23.3 Å². The summed E-state index contributed by atoms with van der Waals surface area (Å²) >= 11 is 0. The second-order valence-corrected chi connectivity index (χ2v) is 11.8. The van der Waals surface area contributed by atoms with Crippen LogP contribution in [0, 0.1) is 27.4 Å². The molecule has 7 heteroatoms. The summed E-state index contributed by atoms with van der Waals surface area (Å²) in [4.78, 5) is 23.1. The van der Waals surface area contributed by atoms with Gasteiger partial charge in [-0.05, 0) is 37.5 Å². The van der Waals surface area contributed by atoms with Gasteiger partial charge >= 0.3 is 0 Å². The highest BCUT2D eigenvalue weighted by molar-refractivity contribution is 7.92. The lowest BCUT2D eigenvalue weighted by atomic mass is 9.76. The van der Waals surface area contributed by atoms with E-state index in [0.717, 1.165) is 38.4 Å². The summed E-state index contributed by atoms with van der Waals surface area (Å²) in [5.74, 6) is 0.230. The molecule has 0 aromatic carbocycles. The zero-order valence-corrected chi connectivity index (χ0v) is 19.0. The molecule has 0 N–H and O–H groups in total. The molecule has 2 aliphatic carbocycles. The molecular weight excluding hydrogens is 390 g/mol. The van der Waals surface area contributed by atoms with Crippen molar-refractivity contribution >= 4 is 16.1 Å². The van der Waals surface area contributed by atoms with Crippen LogP contribution in [0.5, 0.6) is 0 Å². The van der Waals surface area contributed by atoms with E-state index in [1.165, 1.54) is 19.3 Å². The molecule has 0 heterocycles. The van der Waals surface area contributed by atoms with Crippen molar-refractivity contribution in [2.24, 2.45) is 17.3 Å². The number of carbonyl (C=O) groups is 1. The quantitative estimate of drug-likeness (QED) is 0.262. The van der Waals surface area contributed by atoms with Crippen LogP contribution in [0.25, 0.3) is 0 Å². The number of aldehydes is 1. The van der Waals surface area contributed by atoms with E-state index in [0.29, 0.717) is 38.0 Å². The molecule has 0 saturated heterocycles. The summed E-state index contributed by atoms with van der Waals surface area (Å²) in [7, 11) is -3.50. The fraction of sp³-hybridized carbons (Fsp3) is 0.955. The van der Waals surface area contributed by atoms with Crippen molar-refractivity contribution in [1.82, 2.24) is 0 Å². The summed E-state index contributed by atoms with van der Waals surface area (Å²) in [5, 5.41) is 10.9. The van der Waals surface area contributed by atoms with Crippen molar-refractivity contribution in [3.63, 3.8) is 0 Å². The van der Waals surface area contributed by atoms with Crippen LogP contribution in [0.3, 0.4) is 0 Å². The molecule has 0 spiro atoms. The van der Waals surface area contributed by atoms with Gasteiger partial charge in [-0.25, -0.2) is 8.42 Å². The van der Waals surface area contributed by atoms with Gasteiger partial charge in [0.05, 0.1) is 11.0 Å². The summed E-state index contributed by atoms with van der Waals surface area (Å²) in [6, 6.07) is -0.628. The van der Waals surface area contributed by atoms with Crippen LogP contribution in [-0.4, -0.2) is 36.7 Å². The van der Waals surface area contributed by atoms with E-state index in [2.05, 4.69) is 0 Å². The number of hydrogen-bond donors (Lipinski definition) is 0. The Bertz CT molecular complexity index is 644. The third-order valence-corrected chi connectivity index (χ3v) is 10.00. The van der Waals surface area contributed by atoms with Gasteiger partial charge < -0.3 is 4.79 Å². The molecule has 4 unspecified atom stereocenters. The van der Waals surface area contributed by atoms with Gasteiger partial charge in [-0.15, -0.1) is 0 Å². The third-order valence-electron chi connectivity index (χ3n) is 7.48. The Morgan fingerprint density at radius 3 is 2.34 bits per heavy atom. The van der Waals surface area contributed by atoms with E-state index in [1.54, 1.807) is 0 Å². The van der Waals surface area contributed by atoms with E-state index in [-0.39, 0.29) is 16.6 Å². The molecule has 0 aromatic heterocycles. The summed E-state index contributed by atoms with van der Waals surface area (Å²) < 4.78 is 27.0. The fourth-order valence-corrected chi connectivity index (χ4v) is 8.27. The number of nitrogens with zero attached hydrogens (tertiary/aromatic N) is 1. The predicted molar refractivity (Wildman–Crippen MR) is 115 cm³/mol. The van der Waals surface area contributed by atoms with Gasteiger partial charge in [0.2, 0.25) is 6.04 Å². The lowest BCUT2D eigenvalue weighted by Gasteiger charge is -2.37. The van der Waals surface area contributed by atoms with E-state index >= 15 is 0 Å². The van der Waals surface area contributed by atoms with Gasteiger partial charge in [-0.2, -0.15) is 0 Å². The molecule has 2 rings (SSSR count). The second-order valence-electron chi connectivity index (χ2n) is 9.54.